The van der Waals surface area contributed by atoms with Gasteiger partial charge in [-0.15, -0.1) is 0 Å². The summed E-state index contributed by atoms with van der Waals surface area (Å²) in [6.45, 7) is 2.71. The van der Waals surface area contributed by atoms with Crippen LogP contribution < -0.4 is 5.32 Å². The van der Waals surface area contributed by atoms with Crippen molar-refractivity contribution in [1.29, 1.82) is 0 Å². The van der Waals surface area contributed by atoms with E-state index in [1.807, 2.05) is 12.1 Å². The summed E-state index contributed by atoms with van der Waals surface area (Å²) in [7, 11) is 0.673. The number of nitrogens with zero attached hydrogens (tertiary/aromatic N) is 4. The minimum absolute atomic E-state index is 0.0115. The Kier molecular flexibility index (Phi) is 4.96. The minimum atomic E-state index is -4.65. The van der Waals surface area contributed by atoms with Gasteiger partial charge in [-0.3, -0.25) is 9.20 Å². The second-order valence-corrected chi connectivity index (χ2v) is 10.7. The maximum Gasteiger partial charge on any atom is 0.433 e. The normalized spacial score (nSPS) is 19.5. The fourth-order valence-corrected chi connectivity index (χ4v) is 5.67. The summed E-state index contributed by atoms with van der Waals surface area (Å²) < 4.78 is 43.9. The number of carbonyl (C=O) groups excluding carboxylic acids is 1. The largest absolute Gasteiger partial charge is 0.433 e. The van der Waals surface area contributed by atoms with Gasteiger partial charge in [0.25, 0.3) is 0 Å². The van der Waals surface area contributed by atoms with E-state index in [1.165, 1.54) is 19.3 Å². The minimum Gasteiger partial charge on any atom is -0.364 e. The van der Waals surface area contributed by atoms with Crippen LogP contribution in [0, 0.1) is 0 Å². The molecule has 0 radical (unpaired) electrons. The van der Waals surface area contributed by atoms with E-state index >= 15 is 0 Å². The van der Waals surface area contributed by atoms with Crippen LogP contribution in [0.25, 0.3) is 27.8 Å². The highest BCUT2D eigenvalue weighted by Crippen LogP contribution is 2.40. The Balaban J connectivity index is 1.70. The maximum absolute atomic E-state index is 14.3. The zero-order chi connectivity index (χ0) is 23.4. The third-order valence-electron chi connectivity index (χ3n) is 6.22. The lowest BCUT2D eigenvalue weighted by Crippen LogP contribution is -2.54. The van der Waals surface area contributed by atoms with Crippen LogP contribution in [0.5, 0.6) is 0 Å². The van der Waals surface area contributed by atoms with Gasteiger partial charge in [0.1, 0.15) is 5.69 Å². The molecular formula is C22H23F3N6OSi. The van der Waals surface area contributed by atoms with Gasteiger partial charge in [-0.1, -0.05) is 18.2 Å². The molecule has 3 aromatic heterocycles. The summed E-state index contributed by atoms with van der Waals surface area (Å²) >= 11 is 0. The molecule has 1 fully saturated rings. The summed E-state index contributed by atoms with van der Waals surface area (Å²) in [5, 5.41) is 3.63. The molecule has 172 valence electrons. The van der Waals surface area contributed by atoms with Gasteiger partial charge < -0.3 is 15.2 Å². The number of likely N-dealkylation sites (tertiary alicyclic amines) is 1. The molecule has 4 aromatic rings. The summed E-state index contributed by atoms with van der Waals surface area (Å²) in [6, 6.07) is 7.19. The van der Waals surface area contributed by atoms with Gasteiger partial charge in [-0.2, -0.15) is 13.2 Å². The predicted octanol–water partition coefficient (Wildman–Crippen LogP) is 3.01. The van der Waals surface area contributed by atoms with E-state index in [9.17, 15) is 18.0 Å². The number of nitrogens with one attached hydrogen (secondary N) is 2. The number of aromatic amines is 1. The van der Waals surface area contributed by atoms with Gasteiger partial charge in [0.05, 0.1) is 0 Å². The number of hydrogen-bond donors (Lipinski definition) is 2. The van der Waals surface area contributed by atoms with Crippen LogP contribution in [0.1, 0.15) is 25.5 Å². The van der Waals surface area contributed by atoms with Gasteiger partial charge in [0.15, 0.2) is 17.2 Å². The van der Waals surface area contributed by atoms with E-state index in [-0.39, 0.29) is 23.1 Å². The molecule has 5 rings (SSSR count). The molecule has 1 aliphatic rings. The number of alkyl halides is 3. The standard InChI is InChI=1S/C22H23F3N6OSi/c1-13(32)30-9-4-7-21(33,12-30)29-19-20-26-8-10-31(20)18(22(23,24)25)17(28-19)15-11-27-16-6-3-2-5-14(15)16/h2-3,5-6,8,10-11,27H,4,7,9,12H2,1,33H3,(H,28,29)/t21-/m0/s1. The lowest BCUT2D eigenvalue weighted by atomic mass is 10.0. The summed E-state index contributed by atoms with van der Waals surface area (Å²) in [5.74, 6) is 0.274. The van der Waals surface area contributed by atoms with Crippen LogP contribution in [0.15, 0.2) is 42.9 Å². The van der Waals surface area contributed by atoms with Crippen molar-refractivity contribution in [2.75, 3.05) is 18.4 Å². The molecule has 11 heteroatoms. The first kappa shape index (κ1) is 21.5. The molecule has 1 atom stereocenters. The van der Waals surface area contributed by atoms with Crippen molar-refractivity contribution in [3.05, 3.63) is 48.5 Å². The van der Waals surface area contributed by atoms with E-state index in [1.54, 1.807) is 23.2 Å². The van der Waals surface area contributed by atoms with Crippen LogP contribution in [-0.2, 0) is 11.0 Å². The lowest BCUT2D eigenvalue weighted by molar-refractivity contribution is -0.141. The van der Waals surface area contributed by atoms with Crippen molar-refractivity contribution < 1.29 is 18.0 Å². The zero-order valence-electron chi connectivity index (χ0n) is 18.2. The third kappa shape index (κ3) is 3.75. The Bertz CT molecular complexity index is 1360. The highest BCUT2D eigenvalue weighted by molar-refractivity contribution is 6.17. The van der Waals surface area contributed by atoms with Gasteiger partial charge >= 0.3 is 6.18 Å². The first-order valence-electron chi connectivity index (χ1n) is 10.7. The van der Waals surface area contributed by atoms with Gasteiger partial charge in [0, 0.05) is 70.5 Å². The molecule has 1 aromatic carbocycles. The molecule has 1 aliphatic heterocycles. The molecule has 33 heavy (non-hydrogen) atoms. The SMILES string of the molecule is CC(=O)N1CCC[C@@]([SiH3])(Nc2nc(-c3c[nH]c4ccccc34)c(C(F)(F)F)n3ccnc23)C1. The molecule has 0 saturated carbocycles. The Labute approximate surface area is 190 Å². The smallest absolute Gasteiger partial charge is 0.364 e. The van der Waals surface area contributed by atoms with Gasteiger partial charge in [-0.05, 0) is 18.9 Å². The number of anilines is 1. The quantitative estimate of drug-likeness (QED) is 0.450. The molecule has 0 bridgehead atoms. The van der Waals surface area contributed by atoms with Crippen molar-refractivity contribution >= 4 is 38.5 Å². The Morgan fingerprint density at radius 2 is 2.09 bits per heavy atom. The van der Waals surface area contributed by atoms with E-state index < -0.39 is 17.0 Å². The molecule has 7 nitrogen and oxygen atoms in total. The van der Waals surface area contributed by atoms with E-state index in [2.05, 4.69) is 20.3 Å². The Morgan fingerprint density at radius 1 is 1.30 bits per heavy atom. The van der Waals surface area contributed by atoms with Crippen LogP contribution >= 0.6 is 0 Å². The number of H-pyrrole nitrogens is 1. The highest BCUT2D eigenvalue weighted by Gasteiger charge is 2.40. The van der Waals surface area contributed by atoms with Crippen molar-refractivity contribution in [3.63, 3.8) is 0 Å². The van der Waals surface area contributed by atoms with Crippen molar-refractivity contribution in [2.45, 2.75) is 31.1 Å². The number of halogens is 3. The summed E-state index contributed by atoms with van der Waals surface area (Å²) in [5.41, 5.74) is 0.166. The number of piperidine rings is 1. The van der Waals surface area contributed by atoms with Crippen LogP contribution in [0.2, 0.25) is 0 Å². The monoisotopic (exact) mass is 472 g/mol. The summed E-state index contributed by atoms with van der Waals surface area (Å²) in [6.07, 6.45) is 1.19. The number of benzene rings is 1. The topological polar surface area (TPSA) is 78.3 Å². The number of rotatable bonds is 3. The van der Waals surface area contributed by atoms with E-state index in [0.29, 0.717) is 34.3 Å². The van der Waals surface area contributed by atoms with Crippen molar-refractivity contribution in [1.82, 2.24) is 24.3 Å². The van der Waals surface area contributed by atoms with Crippen LogP contribution in [0.3, 0.4) is 0 Å². The fourth-order valence-electron chi connectivity index (χ4n) is 4.69. The number of para-hydroxylation sites is 1. The van der Waals surface area contributed by atoms with Gasteiger partial charge in [0.2, 0.25) is 5.91 Å². The third-order valence-corrected chi connectivity index (χ3v) is 7.28. The molecular weight excluding hydrogens is 449 g/mol. The lowest BCUT2D eigenvalue weighted by Gasteiger charge is -2.41. The molecule has 4 heterocycles. The predicted molar refractivity (Wildman–Crippen MR) is 123 cm³/mol. The summed E-state index contributed by atoms with van der Waals surface area (Å²) in [4.78, 5) is 25.5. The first-order valence-corrected chi connectivity index (χ1v) is 11.7. The molecule has 0 aliphatic carbocycles. The maximum atomic E-state index is 14.3. The fraction of sp³-hybridized carbons (Fsp3) is 0.318. The van der Waals surface area contributed by atoms with Gasteiger partial charge in [-0.25, -0.2) is 9.97 Å². The molecule has 1 amide bonds. The first-order chi connectivity index (χ1) is 15.7. The number of fused-ring (bicyclic) bond motifs is 2. The van der Waals surface area contributed by atoms with Crippen LogP contribution in [0.4, 0.5) is 19.0 Å². The Morgan fingerprint density at radius 3 is 2.85 bits per heavy atom. The number of aromatic nitrogens is 4. The molecule has 0 unspecified atom stereocenters. The van der Waals surface area contributed by atoms with Crippen LogP contribution in [-0.4, -0.2) is 58.7 Å². The molecule has 0 spiro atoms. The zero-order valence-corrected chi connectivity index (χ0v) is 20.2. The van der Waals surface area contributed by atoms with E-state index in [4.69, 9.17) is 0 Å². The van der Waals surface area contributed by atoms with E-state index in [0.717, 1.165) is 22.8 Å². The number of hydrogen-bond acceptors (Lipinski definition) is 4. The molecule has 2 N–H and O–H groups in total. The number of carbonyl (C=O) groups is 1. The van der Waals surface area contributed by atoms with Crippen molar-refractivity contribution in [2.24, 2.45) is 0 Å². The average molecular weight is 473 g/mol. The number of imidazole rings is 1. The average Bonchev–Trinajstić information content (AvgIpc) is 3.39. The second kappa shape index (κ2) is 7.61. The number of amides is 1. The Hall–Kier alpha value is -3.34. The molecule has 1 saturated heterocycles. The second-order valence-electron chi connectivity index (χ2n) is 8.75. The highest BCUT2D eigenvalue weighted by atomic mass is 28.1. The van der Waals surface area contributed by atoms with Crippen molar-refractivity contribution in [3.8, 4) is 11.3 Å².